The molecular formula is C12H21OSi. The van der Waals surface area contributed by atoms with E-state index in [9.17, 15) is 0 Å². The standard InChI is InChI=1S/C12H21OSi/c1-4-7-13-11-9-12(14(2)3)6-5-10(11)8-12/h5-6,10-11H,4,7-9H2,1-3H3. The van der Waals surface area contributed by atoms with E-state index in [2.05, 4.69) is 32.2 Å². The fourth-order valence-electron chi connectivity index (χ4n) is 2.81. The zero-order chi connectivity index (χ0) is 10.2. The molecule has 2 rings (SSSR count). The predicted molar refractivity (Wildman–Crippen MR) is 62.1 cm³/mol. The molecule has 1 radical (unpaired) electrons. The minimum absolute atomic E-state index is 0.205. The second kappa shape index (κ2) is 3.82. The van der Waals surface area contributed by atoms with Crippen LogP contribution in [-0.2, 0) is 4.74 Å². The summed E-state index contributed by atoms with van der Waals surface area (Å²) < 4.78 is 5.93. The van der Waals surface area contributed by atoms with Crippen molar-refractivity contribution in [1.29, 1.82) is 0 Å². The van der Waals surface area contributed by atoms with Gasteiger partial charge in [0.2, 0.25) is 0 Å². The first-order valence-corrected chi connectivity index (χ1v) is 8.29. The van der Waals surface area contributed by atoms with E-state index in [1.807, 2.05) is 0 Å². The van der Waals surface area contributed by atoms with Crippen molar-refractivity contribution in [1.82, 2.24) is 0 Å². The zero-order valence-electron chi connectivity index (χ0n) is 9.55. The van der Waals surface area contributed by atoms with Crippen molar-refractivity contribution in [3.8, 4) is 0 Å². The van der Waals surface area contributed by atoms with Gasteiger partial charge in [0, 0.05) is 12.5 Å². The topological polar surface area (TPSA) is 9.23 Å². The Labute approximate surface area is 89.1 Å². The minimum Gasteiger partial charge on any atom is -0.378 e. The number of allylic oxidation sites excluding steroid dienone is 1. The third-order valence-corrected chi connectivity index (χ3v) is 6.40. The van der Waals surface area contributed by atoms with Gasteiger partial charge < -0.3 is 4.74 Å². The molecule has 2 aliphatic rings. The summed E-state index contributed by atoms with van der Waals surface area (Å²) in [6, 6.07) is 0. The Bertz CT molecular complexity index is 236. The maximum atomic E-state index is 5.93. The fourth-order valence-corrected chi connectivity index (χ4v) is 4.49. The van der Waals surface area contributed by atoms with Gasteiger partial charge in [-0.25, -0.2) is 0 Å². The van der Waals surface area contributed by atoms with E-state index in [1.54, 1.807) is 0 Å². The van der Waals surface area contributed by atoms with E-state index >= 15 is 0 Å². The van der Waals surface area contributed by atoms with E-state index in [4.69, 9.17) is 4.74 Å². The monoisotopic (exact) mass is 209 g/mol. The lowest BCUT2D eigenvalue weighted by molar-refractivity contribution is 0.0374. The molecule has 14 heavy (non-hydrogen) atoms. The molecular weight excluding hydrogens is 188 g/mol. The van der Waals surface area contributed by atoms with Crippen LogP contribution >= 0.6 is 0 Å². The third kappa shape index (κ3) is 1.59. The maximum Gasteiger partial charge on any atom is 0.0643 e. The molecule has 0 amide bonds. The summed E-state index contributed by atoms with van der Waals surface area (Å²) in [7, 11) is -0.205. The number of hydrogen-bond acceptors (Lipinski definition) is 1. The number of fused-ring (bicyclic) bond motifs is 2. The molecule has 2 heteroatoms. The Morgan fingerprint density at radius 3 is 2.79 bits per heavy atom. The Morgan fingerprint density at radius 1 is 1.43 bits per heavy atom. The first-order valence-electron chi connectivity index (χ1n) is 5.79. The summed E-state index contributed by atoms with van der Waals surface area (Å²) in [6.07, 6.45) is 9.28. The summed E-state index contributed by atoms with van der Waals surface area (Å²) >= 11 is 0. The van der Waals surface area contributed by atoms with Gasteiger partial charge in [0.1, 0.15) is 0 Å². The summed E-state index contributed by atoms with van der Waals surface area (Å²) in [6.45, 7) is 8.02. The van der Waals surface area contributed by atoms with Crippen molar-refractivity contribution in [2.75, 3.05) is 6.61 Å². The summed E-state index contributed by atoms with van der Waals surface area (Å²) in [5.74, 6) is 0.737. The van der Waals surface area contributed by atoms with Gasteiger partial charge in [-0.3, -0.25) is 0 Å². The lowest BCUT2D eigenvalue weighted by atomic mass is 10.0. The van der Waals surface area contributed by atoms with Crippen LogP contribution in [0, 0.1) is 5.92 Å². The molecule has 0 aromatic rings. The summed E-state index contributed by atoms with van der Waals surface area (Å²) in [5, 5.41) is 0.577. The van der Waals surface area contributed by atoms with E-state index in [1.165, 1.54) is 12.8 Å². The third-order valence-electron chi connectivity index (χ3n) is 3.84. The van der Waals surface area contributed by atoms with Crippen LogP contribution in [0.3, 0.4) is 0 Å². The minimum atomic E-state index is -0.205. The second-order valence-corrected chi connectivity index (χ2v) is 7.99. The van der Waals surface area contributed by atoms with Crippen LogP contribution in [0.1, 0.15) is 26.2 Å². The van der Waals surface area contributed by atoms with Crippen molar-refractivity contribution < 1.29 is 4.74 Å². The molecule has 2 bridgehead atoms. The molecule has 0 aromatic heterocycles. The van der Waals surface area contributed by atoms with Crippen LogP contribution in [0.5, 0.6) is 0 Å². The van der Waals surface area contributed by atoms with Crippen molar-refractivity contribution in [2.24, 2.45) is 5.92 Å². The number of ether oxygens (including phenoxy) is 1. The number of hydrogen-bond donors (Lipinski definition) is 0. The highest BCUT2D eigenvalue weighted by Gasteiger charge is 2.49. The average Bonchev–Trinajstić information content (AvgIpc) is 2.72. The quantitative estimate of drug-likeness (QED) is 0.510. The average molecular weight is 209 g/mol. The Balaban J connectivity index is 1.99. The molecule has 0 spiro atoms. The molecule has 0 saturated heterocycles. The van der Waals surface area contributed by atoms with Gasteiger partial charge in [-0.05, 0) is 24.3 Å². The van der Waals surface area contributed by atoms with Gasteiger partial charge in [0.25, 0.3) is 0 Å². The normalized spacial score (nSPS) is 40.0. The largest absolute Gasteiger partial charge is 0.378 e. The first-order chi connectivity index (χ1) is 6.68. The second-order valence-electron chi connectivity index (χ2n) is 5.00. The molecule has 1 fully saturated rings. The van der Waals surface area contributed by atoms with Crippen LogP contribution in [0.2, 0.25) is 18.1 Å². The molecule has 0 heterocycles. The van der Waals surface area contributed by atoms with Crippen LogP contribution in [0.4, 0.5) is 0 Å². The van der Waals surface area contributed by atoms with Crippen LogP contribution < -0.4 is 0 Å². The molecule has 2 aliphatic carbocycles. The Morgan fingerprint density at radius 2 is 2.21 bits per heavy atom. The van der Waals surface area contributed by atoms with Crippen LogP contribution in [0.15, 0.2) is 12.2 Å². The van der Waals surface area contributed by atoms with E-state index in [0.29, 0.717) is 11.1 Å². The predicted octanol–water partition coefficient (Wildman–Crippen LogP) is 3.26. The van der Waals surface area contributed by atoms with Gasteiger partial charge in [-0.15, -0.1) is 0 Å². The molecule has 1 saturated carbocycles. The highest BCUT2D eigenvalue weighted by Crippen LogP contribution is 2.57. The van der Waals surface area contributed by atoms with Crippen molar-refractivity contribution in [2.45, 2.75) is 50.4 Å². The smallest absolute Gasteiger partial charge is 0.0643 e. The summed E-state index contributed by atoms with van der Waals surface area (Å²) in [4.78, 5) is 0. The lowest BCUT2D eigenvalue weighted by Gasteiger charge is -2.29. The highest BCUT2D eigenvalue weighted by atomic mass is 28.3. The maximum absolute atomic E-state index is 5.93. The number of rotatable bonds is 4. The van der Waals surface area contributed by atoms with Gasteiger partial charge in [0.15, 0.2) is 0 Å². The zero-order valence-corrected chi connectivity index (χ0v) is 10.5. The van der Waals surface area contributed by atoms with Crippen LogP contribution in [-0.4, -0.2) is 21.5 Å². The SMILES string of the molecule is CCCOC1CC2([Si](C)C)C=CC1C2. The molecule has 1 nitrogen and oxygen atoms in total. The molecule has 3 atom stereocenters. The molecule has 79 valence electrons. The van der Waals surface area contributed by atoms with Crippen LogP contribution in [0.25, 0.3) is 0 Å². The van der Waals surface area contributed by atoms with Crippen molar-refractivity contribution in [3.05, 3.63) is 12.2 Å². The highest BCUT2D eigenvalue weighted by molar-refractivity contribution is 6.60. The van der Waals surface area contributed by atoms with E-state index < -0.39 is 0 Å². The molecule has 3 unspecified atom stereocenters. The summed E-state index contributed by atoms with van der Waals surface area (Å²) in [5.41, 5.74) is 0. The van der Waals surface area contributed by atoms with Gasteiger partial charge in [-0.1, -0.05) is 32.2 Å². The van der Waals surface area contributed by atoms with E-state index in [0.717, 1.165) is 18.9 Å². The molecule has 0 aliphatic heterocycles. The Kier molecular flexibility index (Phi) is 2.85. The van der Waals surface area contributed by atoms with Gasteiger partial charge in [0.05, 0.1) is 14.9 Å². The van der Waals surface area contributed by atoms with E-state index in [-0.39, 0.29) is 8.80 Å². The van der Waals surface area contributed by atoms with Gasteiger partial charge in [-0.2, -0.15) is 0 Å². The Hall–Kier alpha value is -0.0831. The lowest BCUT2D eigenvalue weighted by Crippen LogP contribution is -2.25. The van der Waals surface area contributed by atoms with Gasteiger partial charge >= 0.3 is 0 Å². The molecule has 0 N–H and O–H groups in total. The first kappa shape index (κ1) is 10.4. The van der Waals surface area contributed by atoms with Crippen molar-refractivity contribution >= 4 is 8.80 Å². The molecule has 0 aromatic carbocycles. The fraction of sp³-hybridized carbons (Fsp3) is 0.833. The van der Waals surface area contributed by atoms with Crippen molar-refractivity contribution in [3.63, 3.8) is 0 Å².